The summed E-state index contributed by atoms with van der Waals surface area (Å²) in [4.78, 5) is 22.9. The molecule has 35 heavy (non-hydrogen) atoms. The zero-order valence-electron chi connectivity index (χ0n) is 18.1. The van der Waals surface area contributed by atoms with Crippen LogP contribution in [0, 0.1) is 21.4 Å². The third-order valence-corrected chi connectivity index (χ3v) is 5.63. The van der Waals surface area contributed by atoms with E-state index >= 15 is 0 Å². The van der Waals surface area contributed by atoms with E-state index in [2.05, 4.69) is 5.32 Å². The predicted octanol–water partition coefficient (Wildman–Crippen LogP) is 6.69. The number of rotatable bonds is 8. The van der Waals surface area contributed by atoms with Gasteiger partial charge in [0, 0.05) is 22.7 Å². The number of carbonyl (C=O) groups excluding carboxylic acids is 1. The highest BCUT2D eigenvalue weighted by atomic mass is 35.5. The van der Waals surface area contributed by atoms with Crippen LogP contribution in [0.2, 0.25) is 15.1 Å². The van der Waals surface area contributed by atoms with Gasteiger partial charge in [0.1, 0.15) is 18.2 Å². The molecule has 3 rings (SSSR count). The minimum absolute atomic E-state index is 0.0467. The van der Waals surface area contributed by atoms with Crippen molar-refractivity contribution in [1.29, 1.82) is 5.26 Å². The van der Waals surface area contributed by atoms with Crippen LogP contribution in [0.15, 0.2) is 60.2 Å². The fourth-order valence-corrected chi connectivity index (χ4v) is 3.64. The highest BCUT2D eigenvalue weighted by Gasteiger charge is 2.17. The Kier molecular flexibility index (Phi) is 8.55. The summed E-state index contributed by atoms with van der Waals surface area (Å²) in [6, 6.07) is 15.6. The number of nitriles is 1. The van der Waals surface area contributed by atoms with Gasteiger partial charge >= 0.3 is 0 Å². The van der Waals surface area contributed by atoms with Crippen LogP contribution < -0.4 is 14.8 Å². The van der Waals surface area contributed by atoms with Crippen molar-refractivity contribution in [3.63, 3.8) is 0 Å². The number of hydrogen-bond donors (Lipinski definition) is 1. The molecule has 0 aliphatic rings. The molecule has 0 fully saturated rings. The highest BCUT2D eigenvalue weighted by Crippen LogP contribution is 2.38. The quantitative estimate of drug-likeness (QED) is 0.150. The average molecular weight is 533 g/mol. The lowest BCUT2D eigenvalue weighted by atomic mass is 10.1. The Morgan fingerprint density at radius 1 is 1.11 bits per heavy atom. The molecule has 0 heterocycles. The fourth-order valence-electron chi connectivity index (χ4n) is 2.95. The number of benzene rings is 3. The first-order valence-electron chi connectivity index (χ1n) is 9.84. The van der Waals surface area contributed by atoms with E-state index in [1.165, 1.54) is 31.4 Å². The molecule has 0 saturated carbocycles. The van der Waals surface area contributed by atoms with Gasteiger partial charge in [-0.2, -0.15) is 5.26 Å². The molecule has 3 aromatic rings. The van der Waals surface area contributed by atoms with Gasteiger partial charge in [-0.3, -0.25) is 14.9 Å². The standard InChI is InChI=1S/C24H16Cl3N3O5/c1-34-22-10-14(9-20(27)23(22)35-13-15-4-2-3-5-18(15)25)8-16(12-28)24(31)29-21-7-6-17(30(32)33)11-19(21)26/h2-11H,13H2,1H3,(H,29,31)/b16-8+. The van der Waals surface area contributed by atoms with Crippen molar-refractivity contribution in [2.75, 3.05) is 12.4 Å². The molecule has 0 atom stereocenters. The molecular formula is C24H16Cl3N3O5. The number of hydrogen-bond acceptors (Lipinski definition) is 6. The molecule has 1 amide bonds. The van der Waals surface area contributed by atoms with Gasteiger partial charge in [-0.15, -0.1) is 0 Å². The van der Waals surface area contributed by atoms with Crippen LogP contribution in [0.1, 0.15) is 11.1 Å². The number of nitrogens with one attached hydrogen (secondary N) is 1. The smallest absolute Gasteiger partial charge is 0.271 e. The van der Waals surface area contributed by atoms with Crippen LogP contribution in [0.4, 0.5) is 11.4 Å². The minimum Gasteiger partial charge on any atom is -0.493 e. The van der Waals surface area contributed by atoms with Crippen molar-refractivity contribution < 1.29 is 19.2 Å². The molecule has 0 unspecified atom stereocenters. The second-order valence-corrected chi connectivity index (χ2v) is 8.18. The number of halogens is 3. The number of carbonyl (C=O) groups is 1. The second-order valence-electron chi connectivity index (χ2n) is 6.96. The lowest BCUT2D eigenvalue weighted by Gasteiger charge is -2.14. The summed E-state index contributed by atoms with van der Waals surface area (Å²) in [5, 5.41) is 23.5. The zero-order valence-corrected chi connectivity index (χ0v) is 20.3. The molecule has 8 nitrogen and oxygen atoms in total. The summed E-state index contributed by atoms with van der Waals surface area (Å²) in [6.07, 6.45) is 1.31. The predicted molar refractivity (Wildman–Crippen MR) is 134 cm³/mol. The van der Waals surface area contributed by atoms with Crippen LogP contribution in [-0.2, 0) is 11.4 Å². The van der Waals surface area contributed by atoms with Gasteiger partial charge in [0.2, 0.25) is 0 Å². The molecular weight excluding hydrogens is 517 g/mol. The first-order chi connectivity index (χ1) is 16.7. The first kappa shape index (κ1) is 25.8. The third-order valence-electron chi connectivity index (χ3n) is 4.67. The van der Waals surface area contributed by atoms with Crippen LogP contribution in [-0.4, -0.2) is 17.9 Å². The first-order valence-corrected chi connectivity index (χ1v) is 11.0. The summed E-state index contributed by atoms with van der Waals surface area (Å²) in [5.41, 5.74) is 0.773. The van der Waals surface area contributed by atoms with Crippen LogP contribution in [0.25, 0.3) is 6.08 Å². The Morgan fingerprint density at radius 3 is 2.49 bits per heavy atom. The van der Waals surface area contributed by atoms with E-state index in [4.69, 9.17) is 44.3 Å². The molecule has 3 aromatic carbocycles. The molecule has 178 valence electrons. The average Bonchev–Trinajstić information content (AvgIpc) is 2.83. The van der Waals surface area contributed by atoms with Gasteiger partial charge in [-0.05, 0) is 35.9 Å². The van der Waals surface area contributed by atoms with Crippen LogP contribution >= 0.6 is 34.8 Å². The summed E-state index contributed by atoms with van der Waals surface area (Å²) < 4.78 is 11.2. The summed E-state index contributed by atoms with van der Waals surface area (Å²) in [6.45, 7) is 0.146. The normalized spacial score (nSPS) is 10.9. The maximum Gasteiger partial charge on any atom is 0.271 e. The summed E-state index contributed by atoms with van der Waals surface area (Å²) in [7, 11) is 1.43. The Morgan fingerprint density at radius 2 is 1.86 bits per heavy atom. The molecule has 0 saturated heterocycles. The van der Waals surface area contributed by atoms with Crippen molar-refractivity contribution in [3.8, 4) is 17.6 Å². The van der Waals surface area contributed by atoms with E-state index in [-0.39, 0.29) is 45.1 Å². The Balaban J connectivity index is 1.83. The fraction of sp³-hybridized carbons (Fsp3) is 0.0833. The van der Waals surface area contributed by atoms with Crippen molar-refractivity contribution in [2.45, 2.75) is 6.61 Å². The maximum atomic E-state index is 12.6. The minimum atomic E-state index is -0.766. The van der Waals surface area contributed by atoms with Crippen LogP contribution in [0.5, 0.6) is 11.5 Å². The van der Waals surface area contributed by atoms with E-state index in [1.807, 2.05) is 18.2 Å². The second kappa shape index (κ2) is 11.6. The summed E-state index contributed by atoms with van der Waals surface area (Å²) >= 11 is 18.6. The Bertz CT molecular complexity index is 1370. The monoisotopic (exact) mass is 531 g/mol. The highest BCUT2D eigenvalue weighted by molar-refractivity contribution is 6.34. The van der Waals surface area contributed by atoms with Gasteiger partial charge in [-0.25, -0.2) is 0 Å². The van der Waals surface area contributed by atoms with Crippen molar-refractivity contribution >= 4 is 58.2 Å². The number of ether oxygens (including phenoxy) is 2. The topological polar surface area (TPSA) is 114 Å². The Labute approximate surface area is 215 Å². The van der Waals surface area contributed by atoms with E-state index < -0.39 is 10.8 Å². The third kappa shape index (κ3) is 6.43. The maximum absolute atomic E-state index is 12.6. The number of non-ortho nitro benzene ring substituents is 1. The molecule has 0 aliphatic heterocycles. The number of nitrogens with zero attached hydrogens (tertiary/aromatic N) is 2. The number of nitro benzene ring substituents is 1. The molecule has 0 aliphatic carbocycles. The van der Waals surface area contributed by atoms with E-state index in [0.29, 0.717) is 10.6 Å². The largest absolute Gasteiger partial charge is 0.493 e. The molecule has 0 radical (unpaired) electrons. The van der Waals surface area contributed by atoms with Gasteiger partial charge in [0.05, 0.1) is 27.8 Å². The van der Waals surface area contributed by atoms with E-state index in [1.54, 1.807) is 18.2 Å². The van der Waals surface area contributed by atoms with Gasteiger partial charge in [0.15, 0.2) is 11.5 Å². The molecule has 11 heteroatoms. The molecule has 0 aromatic heterocycles. The number of nitro groups is 1. The van der Waals surface area contributed by atoms with Gasteiger partial charge < -0.3 is 14.8 Å². The molecule has 1 N–H and O–H groups in total. The number of anilines is 1. The molecule has 0 spiro atoms. The van der Waals surface area contributed by atoms with Crippen molar-refractivity contribution in [3.05, 3.63) is 96.5 Å². The lowest BCUT2D eigenvalue weighted by Crippen LogP contribution is -2.13. The zero-order chi connectivity index (χ0) is 25.5. The van der Waals surface area contributed by atoms with Gasteiger partial charge in [-0.1, -0.05) is 53.0 Å². The Hall–Kier alpha value is -3.77. The van der Waals surface area contributed by atoms with Crippen molar-refractivity contribution in [1.82, 2.24) is 0 Å². The number of amides is 1. The van der Waals surface area contributed by atoms with Gasteiger partial charge in [0.25, 0.3) is 11.6 Å². The van der Waals surface area contributed by atoms with E-state index in [9.17, 15) is 20.2 Å². The lowest BCUT2D eigenvalue weighted by molar-refractivity contribution is -0.384. The number of methoxy groups -OCH3 is 1. The molecule has 0 bridgehead atoms. The van der Waals surface area contributed by atoms with E-state index in [0.717, 1.165) is 11.6 Å². The SMILES string of the molecule is COc1cc(/C=C(\C#N)C(=O)Nc2ccc([N+](=O)[O-])cc2Cl)cc(Cl)c1OCc1ccccc1Cl. The van der Waals surface area contributed by atoms with Crippen molar-refractivity contribution in [2.24, 2.45) is 0 Å². The summed E-state index contributed by atoms with van der Waals surface area (Å²) in [5.74, 6) is -0.212. The van der Waals surface area contributed by atoms with Crippen LogP contribution in [0.3, 0.4) is 0 Å².